The minimum atomic E-state index is 0.430. The molecular weight excluding hydrogens is 234 g/mol. The van der Waals surface area contributed by atoms with E-state index < -0.39 is 0 Å². The molecule has 0 amide bonds. The van der Waals surface area contributed by atoms with E-state index >= 15 is 0 Å². The van der Waals surface area contributed by atoms with Crippen LogP contribution in [-0.4, -0.2) is 19.9 Å². The highest BCUT2D eigenvalue weighted by molar-refractivity contribution is 7.71. The summed E-state index contributed by atoms with van der Waals surface area (Å²) in [5.41, 5.74) is 2.27. The van der Waals surface area contributed by atoms with Gasteiger partial charge >= 0.3 is 0 Å². The molecule has 0 unspecified atom stereocenters. The quantitative estimate of drug-likeness (QED) is 0.475. The van der Waals surface area contributed by atoms with Gasteiger partial charge in [-0.1, -0.05) is 18.2 Å². The second kappa shape index (κ2) is 3.74. The molecule has 6 heteroatoms. The van der Waals surface area contributed by atoms with Crippen LogP contribution in [0.2, 0.25) is 0 Å². The molecule has 3 aromatic rings. The summed E-state index contributed by atoms with van der Waals surface area (Å²) in [7, 11) is 0. The van der Waals surface area contributed by atoms with Gasteiger partial charge < -0.3 is 10.8 Å². The number of nitrogens with one attached hydrogen (secondary N) is 2. The van der Waals surface area contributed by atoms with Gasteiger partial charge in [0.15, 0.2) is 5.82 Å². The molecule has 0 saturated carbocycles. The highest BCUT2D eigenvalue weighted by Gasteiger charge is 2.08. The fraction of sp³-hybridized carbons (Fsp3) is 0.0909. The van der Waals surface area contributed by atoms with Crippen molar-refractivity contribution in [2.24, 2.45) is 0 Å². The van der Waals surface area contributed by atoms with Gasteiger partial charge in [0.05, 0.1) is 0 Å². The highest BCUT2D eigenvalue weighted by atomic mass is 32.1. The maximum Gasteiger partial charge on any atom is 0.214 e. The maximum atomic E-state index is 5.77. The molecule has 0 bridgehead atoms. The van der Waals surface area contributed by atoms with Crippen LogP contribution in [0.5, 0.6) is 0 Å². The highest BCUT2D eigenvalue weighted by Crippen LogP contribution is 2.19. The normalized spacial score (nSPS) is 11.1. The molecule has 0 fully saturated rings. The predicted molar refractivity (Wildman–Crippen MR) is 68.7 cm³/mol. The van der Waals surface area contributed by atoms with E-state index in [1.165, 1.54) is 10.1 Å². The van der Waals surface area contributed by atoms with Gasteiger partial charge in [0.2, 0.25) is 4.77 Å². The number of aromatic amines is 2. The lowest BCUT2D eigenvalue weighted by molar-refractivity contribution is 0.871. The van der Waals surface area contributed by atoms with E-state index in [0.717, 1.165) is 16.9 Å². The third kappa shape index (κ3) is 1.62. The van der Waals surface area contributed by atoms with Gasteiger partial charge in [-0.15, -0.1) is 0 Å². The average Bonchev–Trinajstić information content (AvgIpc) is 2.89. The molecule has 0 atom stereocenters. The number of hydrogen-bond acceptors (Lipinski definition) is 3. The number of nitrogens with zero attached hydrogens (tertiary/aromatic N) is 2. The van der Waals surface area contributed by atoms with E-state index in [0.29, 0.717) is 11.2 Å². The summed E-state index contributed by atoms with van der Waals surface area (Å²) in [5, 5.41) is 7.96. The molecule has 0 aliphatic rings. The number of H-pyrrole nitrogens is 2. The number of rotatable bonds is 2. The Labute approximate surface area is 102 Å². The zero-order chi connectivity index (χ0) is 11.8. The first-order chi connectivity index (χ1) is 8.25. The fourth-order valence-corrected chi connectivity index (χ4v) is 2.06. The first-order valence-electron chi connectivity index (χ1n) is 5.22. The van der Waals surface area contributed by atoms with Crippen LogP contribution in [-0.2, 0) is 6.42 Å². The van der Waals surface area contributed by atoms with Crippen LogP contribution in [0.25, 0.3) is 10.9 Å². The largest absolute Gasteiger partial charge is 0.361 e. The van der Waals surface area contributed by atoms with E-state index in [1.807, 2.05) is 24.4 Å². The summed E-state index contributed by atoms with van der Waals surface area (Å²) < 4.78 is 1.83. The Bertz CT molecular complexity index is 721. The van der Waals surface area contributed by atoms with E-state index in [9.17, 15) is 0 Å². The molecule has 4 N–H and O–H groups in total. The standard InChI is InChI=1S/C11H11N5S/c12-16-10(14-15-11(16)17)5-7-6-13-9-4-2-1-3-8(7)9/h1-4,6,13H,5,12H2,(H,15,17). The van der Waals surface area contributed by atoms with Gasteiger partial charge in [-0.25, -0.2) is 4.68 Å². The third-order valence-corrected chi connectivity index (χ3v) is 3.09. The van der Waals surface area contributed by atoms with Crippen LogP contribution in [0.3, 0.4) is 0 Å². The summed E-state index contributed by atoms with van der Waals surface area (Å²) in [6.07, 6.45) is 2.62. The van der Waals surface area contributed by atoms with E-state index in [2.05, 4.69) is 21.2 Å². The average molecular weight is 245 g/mol. The summed E-state index contributed by atoms with van der Waals surface area (Å²) >= 11 is 4.98. The second-order valence-corrected chi connectivity index (χ2v) is 4.24. The summed E-state index contributed by atoms with van der Waals surface area (Å²) in [5.74, 6) is 6.49. The van der Waals surface area contributed by atoms with Crippen LogP contribution < -0.4 is 5.84 Å². The molecule has 0 spiro atoms. The SMILES string of the molecule is Nn1c(Cc2c[nH]c3ccccc23)n[nH]c1=S. The number of para-hydroxylation sites is 1. The Balaban J connectivity index is 2.06. The first kappa shape index (κ1) is 10.1. The lowest BCUT2D eigenvalue weighted by Gasteiger charge is -1.99. The van der Waals surface area contributed by atoms with Crippen molar-refractivity contribution in [1.29, 1.82) is 0 Å². The van der Waals surface area contributed by atoms with Crippen molar-refractivity contribution in [2.45, 2.75) is 6.42 Å². The van der Waals surface area contributed by atoms with Crippen molar-refractivity contribution < 1.29 is 0 Å². The van der Waals surface area contributed by atoms with Gasteiger partial charge in [-0.05, 0) is 23.8 Å². The number of hydrogen-bond donors (Lipinski definition) is 3. The lowest BCUT2D eigenvalue weighted by Crippen LogP contribution is -2.12. The molecular formula is C11H11N5S. The van der Waals surface area contributed by atoms with Crippen molar-refractivity contribution >= 4 is 23.1 Å². The number of fused-ring (bicyclic) bond motifs is 1. The van der Waals surface area contributed by atoms with Crippen molar-refractivity contribution in [3.05, 3.63) is 46.6 Å². The molecule has 1 aromatic carbocycles. The molecule has 2 heterocycles. The molecule has 0 radical (unpaired) electrons. The topological polar surface area (TPSA) is 75.4 Å². The number of nitrogens with two attached hydrogens (primary N) is 1. The van der Waals surface area contributed by atoms with Gasteiger partial charge in [0.1, 0.15) is 0 Å². The maximum absolute atomic E-state index is 5.77. The van der Waals surface area contributed by atoms with Gasteiger partial charge in [0, 0.05) is 23.5 Å². The van der Waals surface area contributed by atoms with Crippen molar-refractivity contribution in [2.75, 3.05) is 5.84 Å². The molecule has 0 saturated heterocycles. The molecule has 17 heavy (non-hydrogen) atoms. The Hall–Kier alpha value is -2.08. The van der Waals surface area contributed by atoms with Crippen molar-refractivity contribution in [1.82, 2.24) is 19.9 Å². The van der Waals surface area contributed by atoms with Crippen molar-refractivity contribution in [3.8, 4) is 0 Å². The monoisotopic (exact) mass is 245 g/mol. The number of aromatic nitrogens is 4. The number of benzene rings is 1. The van der Waals surface area contributed by atoms with Crippen LogP contribution in [0.1, 0.15) is 11.4 Å². The van der Waals surface area contributed by atoms with Gasteiger partial charge in [-0.2, -0.15) is 5.10 Å². The van der Waals surface area contributed by atoms with Crippen LogP contribution in [0.15, 0.2) is 30.5 Å². The van der Waals surface area contributed by atoms with E-state index in [4.69, 9.17) is 18.1 Å². The Kier molecular flexibility index (Phi) is 2.22. The van der Waals surface area contributed by atoms with Crippen LogP contribution in [0.4, 0.5) is 0 Å². The second-order valence-electron chi connectivity index (χ2n) is 3.85. The molecule has 0 aliphatic heterocycles. The lowest BCUT2D eigenvalue weighted by atomic mass is 10.1. The molecule has 2 aromatic heterocycles. The number of nitrogen functional groups attached to an aromatic ring is 1. The fourth-order valence-electron chi connectivity index (χ4n) is 1.91. The molecule has 3 rings (SSSR count). The van der Waals surface area contributed by atoms with Gasteiger partial charge in [-0.3, -0.25) is 5.10 Å². The van der Waals surface area contributed by atoms with E-state index in [1.54, 1.807) is 0 Å². The third-order valence-electron chi connectivity index (χ3n) is 2.80. The summed E-state index contributed by atoms with van der Waals surface area (Å²) in [6.45, 7) is 0. The summed E-state index contributed by atoms with van der Waals surface area (Å²) in [4.78, 5) is 3.22. The Morgan fingerprint density at radius 2 is 2.18 bits per heavy atom. The van der Waals surface area contributed by atoms with E-state index in [-0.39, 0.29) is 0 Å². The minimum absolute atomic E-state index is 0.430. The zero-order valence-corrected chi connectivity index (χ0v) is 9.79. The Morgan fingerprint density at radius 3 is 2.94 bits per heavy atom. The summed E-state index contributed by atoms with van der Waals surface area (Å²) in [6, 6.07) is 8.13. The zero-order valence-electron chi connectivity index (χ0n) is 8.97. The smallest absolute Gasteiger partial charge is 0.214 e. The minimum Gasteiger partial charge on any atom is -0.361 e. The predicted octanol–water partition coefficient (Wildman–Crippen LogP) is 1.73. The Morgan fingerprint density at radius 1 is 1.35 bits per heavy atom. The molecule has 86 valence electrons. The van der Waals surface area contributed by atoms with Gasteiger partial charge in [0.25, 0.3) is 0 Å². The molecule has 0 aliphatic carbocycles. The van der Waals surface area contributed by atoms with Crippen molar-refractivity contribution in [3.63, 3.8) is 0 Å². The molecule has 5 nitrogen and oxygen atoms in total. The van der Waals surface area contributed by atoms with Crippen LogP contribution >= 0.6 is 12.2 Å². The van der Waals surface area contributed by atoms with Crippen LogP contribution in [0, 0.1) is 4.77 Å². The first-order valence-corrected chi connectivity index (χ1v) is 5.63.